The quantitative estimate of drug-likeness (QED) is 0.335. The van der Waals surface area contributed by atoms with Gasteiger partial charge in [0.15, 0.2) is 5.60 Å². The van der Waals surface area contributed by atoms with Gasteiger partial charge in [0.2, 0.25) is 6.10 Å². The minimum Gasteiger partial charge on any atom is -0.472 e. The lowest BCUT2D eigenvalue weighted by Gasteiger charge is -2.74. The molecule has 4 aliphatic carbocycles. The Morgan fingerprint density at radius 1 is 1.00 bits per heavy atom. The number of methoxy groups -OCH3 is 1. The maximum absolute atomic E-state index is 13.7. The highest BCUT2D eigenvalue weighted by molar-refractivity contribution is 5.86. The van der Waals surface area contributed by atoms with Gasteiger partial charge in [-0.15, -0.1) is 0 Å². The molecule has 1 aromatic rings. The molecule has 4 saturated carbocycles. The van der Waals surface area contributed by atoms with Crippen LogP contribution < -0.4 is 0 Å². The number of carbonyl (C=O) groups excluding carboxylic acids is 5. The highest BCUT2D eigenvalue weighted by Crippen LogP contribution is 2.87. The van der Waals surface area contributed by atoms with Crippen LogP contribution in [0.1, 0.15) is 73.0 Å². The van der Waals surface area contributed by atoms with Crippen molar-refractivity contribution in [3.63, 3.8) is 0 Å². The fraction of sp³-hybridized carbons (Fsp3) is 0.686. The Morgan fingerprint density at radius 3 is 2.30 bits per heavy atom. The minimum atomic E-state index is -1.84. The van der Waals surface area contributed by atoms with Crippen LogP contribution in [-0.2, 0) is 61.9 Å². The molecule has 2 saturated heterocycles. The smallest absolute Gasteiger partial charge is 0.347 e. The van der Waals surface area contributed by atoms with E-state index in [9.17, 15) is 29.1 Å². The normalized spacial score (nSPS) is 49.2. The zero-order chi connectivity index (χ0) is 36.2. The van der Waals surface area contributed by atoms with Gasteiger partial charge in [-0.1, -0.05) is 13.8 Å². The van der Waals surface area contributed by atoms with Crippen LogP contribution in [0.5, 0.6) is 0 Å². The molecule has 8 rings (SSSR count). The predicted molar refractivity (Wildman–Crippen MR) is 161 cm³/mol. The van der Waals surface area contributed by atoms with E-state index in [1.54, 1.807) is 33.8 Å². The van der Waals surface area contributed by atoms with E-state index in [4.69, 9.17) is 42.3 Å². The van der Waals surface area contributed by atoms with Gasteiger partial charge in [-0.3, -0.25) is 14.4 Å². The summed E-state index contributed by atoms with van der Waals surface area (Å²) in [6.45, 7) is 10.5. The maximum atomic E-state index is 13.7. The van der Waals surface area contributed by atoms with E-state index in [1.165, 1.54) is 32.4 Å². The average Bonchev–Trinajstić information content (AvgIpc) is 3.78. The van der Waals surface area contributed by atoms with Crippen LogP contribution in [0.25, 0.3) is 0 Å². The zero-order valence-corrected chi connectivity index (χ0v) is 28.9. The Hall–Kier alpha value is -3.79. The molecule has 270 valence electrons. The molecular weight excluding hydrogens is 660 g/mol. The van der Waals surface area contributed by atoms with Crippen molar-refractivity contribution in [1.29, 1.82) is 0 Å². The topological polar surface area (TPSA) is 193 Å². The molecular formula is C35H40O15. The lowest BCUT2D eigenvalue weighted by Crippen LogP contribution is -2.88. The first kappa shape index (κ1) is 33.4. The number of hydrogen-bond donors (Lipinski definition) is 1. The van der Waals surface area contributed by atoms with Gasteiger partial charge in [0.1, 0.15) is 30.0 Å². The Kier molecular flexibility index (Phi) is 6.50. The second-order valence-corrected chi connectivity index (χ2v) is 15.6. The molecule has 0 amide bonds. The van der Waals surface area contributed by atoms with Crippen LogP contribution in [0.15, 0.2) is 34.7 Å². The Morgan fingerprint density at radius 2 is 1.70 bits per heavy atom. The molecule has 14 atom stereocenters. The molecule has 4 bridgehead atoms. The zero-order valence-electron chi connectivity index (χ0n) is 28.9. The van der Waals surface area contributed by atoms with Crippen LogP contribution in [0.3, 0.4) is 0 Å². The summed E-state index contributed by atoms with van der Waals surface area (Å²) in [5, 5.41) is 13.3. The van der Waals surface area contributed by atoms with Crippen molar-refractivity contribution in [2.24, 2.45) is 28.1 Å². The van der Waals surface area contributed by atoms with E-state index in [0.717, 1.165) is 14.0 Å². The molecule has 1 aromatic heterocycles. The standard InChI is InChI=1S/C35H40O15/c1-15(36)44-20-12-34-31(6)24(23(28(40)42-8)45-16(2)37)29(4)14-33(31,41)22(26(29)46-17(3)38)27-35(34,50-32(7,48-27)49-34)19-11-21(39)47-25(30(19,20)5)18-9-10-43-13-18/h9-11,13,20,22-27,41H,12,14H2,1-8H3. The first-order chi connectivity index (χ1) is 23.3. The molecule has 4 heterocycles. The summed E-state index contributed by atoms with van der Waals surface area (Å²) >= 11 is 0. The second kappa shape index (κ2) is 9.75. The summed E-state index contributed by atoms with van der Waals surface area (Å²) in [6, 6.07) is 1.64. The third kappa shape index (κ3) is 3.47. The predicted octanol–water partition coefficient (Wildman–Crippen LogP) is 2.19. The van der Waals surface area contributed by atoms with E-state index in [2.05, 4.69) is 0 Å². The van der Waals surface area contributed by atoms with Gasteiger partial charge in [0.25, 0.3) is 5.97 Å². The van der Waals surface area contributed by atoms with Crippen molar-refractivity contribution >= 4 is 29.8 Å². The van der Waals surface area contributed by atoms with Crippen LogP contribution in [-0.4, -0.2) is 89.3 Å². The van der Waals surface area contributed by atoms with Crippen LogP contribution in [0, 0.1) is 28.1 Å². The summed E-state index contributed by atoms with van der Waals surface area (Å²) in [5.41, 5.74) is -8.73. The van der Waals surface area contributed by atoms with Gasteiger partial charge >= 0.3 is 29.8 Å². The molecule has 15 nitrogen and oxygen atoms in total. The van der Waals surface area contributed by atoms with E-state index in [-0.39, 0.29) is 12.8 Å². The highest BCUT2D eigenvalue weighted by atomic mass is 16.9. The third-order valence-electron chi connectivity index (χ3n) is 13.3. The molecule has 6 fully saturated rings. The van der Waals surface area contributed by atoms with Crippen molar-refractivity contribution in [3.05, 3.63) is 35.8 Å². The third-order valence-corrected chi connectivity index (χ3v) is 13.3. The molecule has 0 radical (unpaired) electrons. The van der Waals surface area contributed by atoms with Crippen LogP contribution >= 0.6 is 0 Å². The first-order valence-corrected chi connectivity index (χ1v) is 16.6. The number of rotatable bonds is 6. The first-order valence-electron chi connectivity index (χ1n) is 16.6. The van der Waals surface area contributed by atoms with Gasteiger partial charge in [-0.25, -0.2) is 9.59 Å². The monoisotopic (exact) mass is 700 g/mol. The van der Waals surface area contributed by atoms with Gasteiger partial charge in [-0.05, 0) is 25.0 Å². The summed E-state index contributed by atoms with van der Waals surface area (Å²) < 4.78 is 55.1. The van der Waals surface area contributed by atoms with E-state index in [1.807, 2.05) is 0 Å². The molecule has 50 heavy (non-hydrogen) atoms. The minimum absolute atomic E-state index is 0.0372. The lowest BCUT2D eigenvalue weighted by atomic mass is 9.35. The summed E-state index contributed by atoms with van der Waals surface area (Å²) in [7, 11) is 1.15. The SMILES string of the molecule is COC(=O)C(OC(C)=O)C1C2(C)CC3(O)C(C2OC(C)=O)C2OC4(C)OC25C2=CC(=O)OC(c6ccoc6)C2(C)C(OC(C)=O)CC5(O4)C13C. The van der Waals surface area contributed by atoms with E-state index >= 15 is 0 Å². The molecule has 15 heteroatoms. The molecule has 0 aromatic carbocycles. The Labute approximate surface area is 286 Å². The molecule has 7 aliphatic rings. The number of cyclic esters (lactones) is 1. The highest BCUT2D eigenvalue weighted by Gasteiger charge is 2.99. The number of fused-ring (bicyclic) bond motifs is 4. The lowest BCUT2D eigenvalue weighted by molar-refractivity contribution is -0.419. The molecule has 1 spiro atoms. The fourth-order valence-electron chi connectivity index (χ4n) is 12.1. The van der Waals surface area contributed by atoms with Gasteiger partial charge in [0, 0.05) is 62.5 Å². The summed E-state index contributed by atoms with van der Waals surface area (Å²) in [5.74, 6) is -7.67. The van der Waals surface area contributed by atoms with Gasteiger partial charge in [0.05, 0.1) is 36.6 Å². The summed E-state index contributed by atoms with van der Waals surface area (Å²) in [6.07, 6.45) is -1.99. The summed E-state index contributed by atoms with van der Waals surface area (Å²) in [4.78, 5) is 65.9. The second-order valence-electron chi connectivity index (χ2n) is 15.6. The number of esters is 5. The van der Waals surface area contributed by atoms with Crippen molar-refractivity contribution in [1.82, 2.24) is 0 Å². The maximum Gasteiger partial charge on any atom is 0.347 e. The van der Waals surface area contributed by atoms with Crippen LogP contribution in [0.2, 0.25) is 0 Å². The Bertz CT molecular complexity index is 1770. The average molecular weight is 701 g/mol. The molecule has 3 aliphatic heterocycles. The van der Waals surface area contributed by atoms with E-state index < -0.39 is 111 Å². The van der Waals surface area contributed by atoms with Crippen molar-refractivity contribution in [2.75, 3.05) is 7.11 Å². The number of hydrogen-bond acceptors (Lipinski definition) is 15. The van der Waals surface area contributed by atoms with Gasteiger partial charge in [-0.2, -0.15) is 0 Å². The largest absolute Gasteiger partial charge is 0.472 e. The number of ether oxygens (including phenoxy) is 8. The molecule has 14 unspecified atom stereocenters. The number of furan rings is 1. The van der Waals surface area contributed by atoms with Gasteiger partial charge < -0.3 is 47.4 Å². The number of aliphatic hydroxyl groups is 1. The van der Waals surface area contributed by atoms with Crippen LogP contribution in [0.4, 0.5) is 0 Å². The van der Waals surface area contributed by atoms with Crippen molar-refractivity contribution < 1.29 is 71.4 Å². The van der Waals surface area contributed by atoms with E-state index in [0.29, 0.717) is 11.1 Å². The van der Waals surface area contributed by atoms with Crippen molar-refractivity contribution in [2.45, 2.75) is 115 Å². The van der Waals surface area contributed by atoms with Crippen molar-refractivity contribution in [3.8, 4) is 0 Å². The Balaban J connectivity index is 1.47. The number of carbonyl (C=O) groups is 5. The molecule has 1 N–H and O–H groups in total. The fourth-order valence-corrected chi connectivity index (χ4v) is 12.1.